The second kappa shape index (κ2) is 7.57. The molecule has 0 radical (unpaired) electrons. The molecular weight excluding hydrogens is 280 g/mol. The molecule has 0 amide bonds. The van der Waals surface area contributed by atoms with Crippen molar-refractivity contribution < 1.29 is 4.21 Å². The minimum absolute atomic E-state index is 0.687. The quantitative estimate of drug-likeness (QED) is 0.798. The second-order valence-corrected chi connectivity index (χ2v) is 6.93. The van der Waals surface area contributed by atoms with Crippen molar-refractivity contribution in [3.05, 3.63) is 53.3 Å². The first kappa shape index (κ1) is 16.0. The zero-order chi connectivity index (χ0) is 15.2. The van der Waals surface area contributed by atoms with Gasteiger partial charge in [0.05, 0.1) is 0 Å². The molecule has 1 aromatic carbocycles. The molecule has 0 saturated carbocycles. The number of hydrogen-bond acceptors (Lipinski definition) is 2. The van der Waals surface area contributed by atoms with Crippen LogP contribution in [0.2, 0.25) is 0 Å². The summed E-state index contributed by atoms with van der Waals surface area (Å²) in [5.41, 5.74) is 5.07. The van der Waals surface area contributed by atoms with E-state index in [1.165, 1.54) is 22.6 Å². The number of benzene rings is 1. The van der Waals surface area contributed by atoms with Gasteiger partial charge in [-0.25, -0.2) is 0 Å². The number of nitrogens with one attached hydrogen (secondary N) is 1. The number of aryl methyl sites for hydroxylation is 1. The van der Waals surface area contributed by atoms with Gasteiger partial charge in [0, 0.05) is 46.4 Å². The van der Waals surface area contributed by atoms with Crippen molar-refractivity contribution in [2.45, 2.75) is 26.8 Å². The van der Waals surface area contributed by atoms with Crippen LogP contribution in [0, 0.1) is 13.8 Å². The molecule has 4 heteroatoms. The molecule has 0 spiro atoms. The van der Waals surface area contributed by atoms with E-state index < -0.39 is 10.8 Å². The van der Waals surface area contributed by atoms with Crippen LogP contribution in [0.4, 0.5) is 0 Å². The first-order chi connectivity index (χ1) is 10.1. The Kier molecular flexibility index (Phi) is 5.76. The van der Waals surface area contributed by atoms with Crippen LogP contribution in [0.3, 0.4) is 0 Å². The van der Waals surface area contributed by atoms with Crippen LogP contribution in [0.1, 0.15) is 23.4 Å². The topological polar surface area (TPSA) is 34.0 Å². The summed E-state index contributed by atoms with van der Waals surface area (Å²) in [5, 5.41) is 3.44. The third-order valence-corrected chi connectivity index (χ3v) is 4.51. The fraction of sp³-hybridized carbons (Fsp3) is 0.412. The number of nitrogens with zero attached hydrogens (tertiary/aromatic N) is 1. The van der Waals surface area contributed by atoms with Gasteiger partial charge in [-0.3, -0.25) is 4.21 Å². The van der Waals surface area contributed by atoms with Gasteiger partial charge in [0.2, 0.25) is 0 Å². The van der Waals surface area contributed by atoms with Crippen molar-refractivity contribution in [1.29, 1.82) is 0 Å². The summed E-state index contributed by atoms with van der Waals surface area (Å²) in [5.74, 6) is 0.774. The van der Waals surface area contributed by atoms with Crippen molar-refractivity contribution in [3.8, 4) is 5.69 Å². The lowest BCUT2D eigenvalue weighted by molar-refractivity contribution is 0.660. The van der Waals surface area contributed by atoms with E-state index in [1.54, 1.807) is 6.26 Å². The molecule has 21 heavy (non-hydrogen) atoms. The maximum Gasteiger partial charge on any atom is 0.0455 e. The van der Waals surface area contributed by atoms with Gasteiger partial charge in [-0.15, -0.1) is 0 Å². The largest absolute Gasteiger partial charge is 0.318 e. The highest BCUT2D eigenvalue weighted by molar-refractivity contribution is 7.84. The van der Waals surface area contributed by atoms with Gasteiger partial charge in [0.15, 0.2) is 0 Å². The summed E-state index contributed by atoms with van der Waals surface area (Å²) in [6, 6.07) is 12.7. The Labute approximate surface area is 129 Å². The lowest BCUT2D eigenvalue weighted by Crippen LogP contribution is -2.17. The Bertz CT molecular complexity index is 605. The Morgan fingerprint density at radius 2 is 1.90 bits per heavy atom. The van der Waals surface area contributed by atoms with Crippen LogP contribution in [0.25, 0.3) is 5.69 Å². The SMILES string of the molecule is Cc1cc(CNCCCS(C)=O)c(C)n1-c1ccccc1. The van der Waals surface area contributed by atoms with Crippen molar-refractivity contribution in [1.82, 2.24) is 9.88 Å². The average molecular weight is 304 g/mol. The monoisotopic (exact) mass is 304 g/mol. The zero-order valence-electron chi connectivity index (χ0n) is 13.1. The highest BCUT2D eigenvalue weighted by Gasteiger charge is 2.09. The summed E-state index contributed by atoms with van der Waals surface area (Å²) >= 11 is 0. The molecule has 0 bridgehead atoms. The van der Waals surface area contributed by atoms with E-state index in [2.05, 4.69) is 54.1 Å². The molecule has 1 atom stereocenters. The summed E-state index contributed by atoms with van der Waals surface area (Å²) in [6.07, 6.45) is 2.72. The molecular formula is C17H24N2OS. The van der Waals surface area contributed by atoms with E-state index in [0.717, 1.165) is 25.3 Å². The molecule has 2 rings (SSSR count). The standard InChI is InChI=1S/C17H24N2OS/c1-14-12-16(13-18-10-7-11-21(3)20)15(2)19(14)17-8-5-4-6-9-17/h4-6,8-9,12,18H,7,10-11,13H2,1-3H3. The van der Waals surface area contributed by atoms with Gasteiger partial charge in [-0.1, -0.05) is 18.2 Å². The molecule has 1 unspecified atom stereocenters. The third kappa shape index (κ3) is 4.29. The van der Waals surface area contributed by atoms with Crippen LogP contribution in [0.15, 0.2) is 36.4 Å². The van der Waals surface area contributed by atoms with Gasteiger partial charge in [-0.05, 0) is 50.6 Å². The molecule has 114 valence electrons. The predicted molar refractivity (Wildman–Crippen MR) is 90.5 cm³/mol. The third-order valence-electron chi connectivity index (χ3n) is 3.65. The molecule has 1 aromatic heterocycles. The van der Waals surface area contributed by atoms with Crippen LogP contribution >= 0.6 is 0 Å². The minimum Gasteiger partial charge on any atom is -0.318 e. The highest BCUT2D eigenvalue weighted by Crippen LogP contribution is 2.20. The zero-order valence-corrected chi connectivity index (χ0v) is 13.9. The van der Waals surface area contributed by atoms with Gasteiger partial charge in [-0.2, -0.15) is 0 Å². The molecule has 0 saturated heterocycles. The average Bonchev–Trinajstić information content (AvgIpc) is 2.74. The Morgan fingerprint density at radius 1 is 1.19 bits per heavy atom. The molecule has 0 fully saturated rings. The van der Waals surface area contributed by atoms with E-state index in [4.69, 9.17) is 0 Å². The summed E-state index contributed by atoms with van der Waals surface area (Å²) in [4.78, 5) is 0. The van der Waals surface area contributed by atoms with Gasteiger partial charge < -0.3 is 9.88 Å². The number of rotatable bonds is 7. The van der Waals surface area contributed by atoms with Crippen LogP contribution < -0.4 is 5.32 Å². The van der Waals surface area contributed by atoms with Crippen molar-refractivity contribution in [3.63, 3.8) is 0 Å². The lowest BCUT2D eigenvalue weighted by atomic mass is 10.2. The summed E-state index contributed by atoms with van der Waals surface area (Å²) in [6.45, 7) is 6.08. The Hall–Kier alpha value is -1.39. The normalized spacial score (nSPS) is 12.5. The lowest BCUT2D eigenvalue weighted by Gasteiger charge is -2.10. The molecule has 0 aliphatic heterocycles. The first-order valence-corrected chi connectivity index (χ1v) is 9.06. The van der Waals surface area contributed by atoms with E-state index in [1.807, 2.05) is 6.07 Å². The van der Waals surface area contributed by atoms with Gasteiger partial charge in [0.25, 0.3) is 0 Å². The number of para-hydroxylation sites is 1. The van der Waals surface area contributed by atoms with E-state index >= 15 is 0 Å². The Balaban J connectivity index is 2.01. The Morgan fingerprint density at radius 3 is 2.57 bits per heavy atom. The van der Waals surface area contributed by atoms with E-state index in [9.17, 15) is 4.21 Å². The fourth-order valence-corrected chi connectivity index (χ4v) is 3.16. The predicted octanol–water partition coefficient (Wildman–Crippen LogP) is 2.95. The van der Waals surface area contributed by atoms with Crippen LogP contribution in [-0.4, -0.2) is 27.3 Å². The molecule has 0 aliphatic carbocycles. The molecule has 0 aliphatic rings. The van der Waals surface area contributed by atoms with Crippen LogP contribution in [-0.2, 0) is 17.3 Å². The molecule has 3 nitrogen and oxygen atoms in total. The smallest absolute Gasteiger partial charge is 0.0455 e. The van der Waals surface area contributed by atoms with Gasteiger partial charge in [0.1, 0.15) is 0 Å². The molecule has 1 N–H and O–H groups in total. The van der Waals surface area contributed by atoms with Crippen molar-refractivity contribution in [2.24, 2.45) is 0 Å². The van der Waals surface area contributed by atoms with Gasteiger partial charge >= 0.3 is 0 Å². The molecule has 2 aromatic rings. The summed E-state index contributed by atoms with van der Waals surface area (Å²) in [7, 11) is -0.687. The maximum atomic E-state index is 11.0. The van der Waals surface area contributed by atoms with Crippen LogP contribution in [0.5, 0.6) is 0 Å². The van der Waals surface area contributed by atoms with E-state index in [0.29, 0.717) is 0 Å². The fourth-order valence-electron chi connectivity index (χ4n) is 2.61. The first-order valence-electron chi connectivity index (χ1n) is 7.33. The van der Waals surface area contributed by atoms with Crippen molar-refractivity contribution >= 4 is 10.8 Å². The molecule has 1 heterocycles. The van der Waals surface area contributed by atoms with Crippen molar-refractivity contribution in [2.75, 3.05) is 18.6 Å². The highest BCUT2D eigenvalue weighted by atomic mass is 32.2. The number of hydrogen-bond donors (Lipinski definition) is 1. The number of aromatic nitrogens is 1. The van der Waals surface area contributed by atoms with E-state index in [-0.39, 0.29) is 0 Å². The summed E-state index contributed by atoms with van der Waals surface area (Å²) < 4.78 is 13.3. The second-order valence-electron chi connectivity index (χ2n) is 5.37. The maximum absolute atomic E-state index is 11.0. The minimum atomic E-state index is -0.687.